The fraction of sp³-hybridized carbons (Fsp3) is 0.409. The van der Waals surface area contributed by atoms with Gasteiger partial charge in [0.2, 0.25) is 5.95 Å². The van der Waals surface area contributed by atoms with E-state index in [9.17, 15) is 4.79 Å². The van der Waals surface area contributed by atoms with E-state index in [1.165, 1.54) is 0 Å². The Hall–Kier alpha value is -3.00. The van der Waals surface area contributed by atoms with Gasteiger partial charge in [0.15, 0.2) is 5.15 Å². The average Bonchev–Trinajstić information content (AvgIpc) is 2.79. The van der Waals surface area contributed by atoms with Gasteiger partial charge in [-0.25, -0.2) is 19.9 Å². The van der Waals surface area contributed by atoms with Gasteiger partial charge in [-0.05, 0) is 56.7 Å². The number of carbonyl (C=O) groups is 1. The molecule has 9 heteroatoms. The minimum Gasteiger partial charge on any atom is -0.481 e. The van der Waals surface area contributed by atoms with E-state index in [0.29, 0.717) is 28.6 Å². The van der Waals surface area contributed by atoms with Crippen LogP contribution in [0.4, 0.5) is 11.8 Å². The Balaban J connectivity index is 1.25. The van der Waals surface area contributed by atoms with Crippen molar-refractivity contribution in [2.75, 3.05) is 17.2 Å². The number of hydrogen-bond donors (Lipinski definition) is 3. The lowest BCUT2D eigenvalue weighted by atomic mass is 9.86. The molecule has 1 saturated carbocycles. The van der Waals surface area contributed by atoms with Crippen LogP contribution in [-0.2, 0) is 4.79 Å². The van der Waals surface area contributed by atoms with Gasteiger partial charge in [-0.15, -0.1) is 0 Å². The van der Waals surface area contributed by atoms with Crippen molar-refractivity contribution < 1.29 is 9.90 Å². The summed E-state index contributed by atoms with van der Waals surface area (Å²) in [7, 11) is 0. The highest BCUT2D eigenvalue weighted by Gasteiger charge is 2.22. The predicted octanol–water partition coefficient (Wildman–Crippen LogP) is 4.34. The standard InChI is InChI=1S/C22H25ClN6O2/c1-13(21(30)31)16-11-26-22(27-12-16)25-10-14-2-5-17(6-3-14)28-18-7-4-15-8-9-24-20(23)19(15)29-18/h4,7-9,11-14,17H,2-3,5-6,10H2,1H3,(H,28,29)(H,30,31)(H,25,26,27)/t13?,14-,17-. The van der Waals surface area contributed by atoms with Crippen LogP contribution in [0, 0.1) is 5.92 Å². The third-order valence-corrected chi connectivity index (χ3v) is 6.13. The van der Waals surface area contributed by atoms with E-state index in [0.717, 1.165) is 48.9 Å². The second-order valence-corrected chi connectivity index (χ2v) is 8.37. The predicted molar refractivity (Wildman–Crippen MR) is 120 cm³/mol. The molecule has 0 bridgehead atoms. The van der Waals surface area contributed by atoms with E-state index in [2.05, 4.69) is 30.6 Å². The van der Waals surface area contributed by atoms with Gasteiger partial charge in [-0.2, -0.15) is 0 Å². The molecule has 1 atom stereocenters. The van der Waals surface area contributed by atoms with Crippen LogP contribution in [0.3, 0.4) is 0 Å². The third kappa shape index (κ3) is 5.19. The fourth-order valence-corrected chi connectivity index (χ4v) is 4.05. The van der Waals surface area contributed by atoms with Crippen molar-refractivity contribution in [3.63, 3.8) is 0 Å². The first-order valence-electron chi connectivity index (χ1n) is 10.5. The summed E-state index contributed by atoms with van der Waals surface area (Å²) in [5, 5.41) is 17.3. The second-order valence-electron chi connectivity index (χ2n) is 8.01. The zero-order valence-electron chi connectivity index (χ0n) is 17.3. The molecule has 8 nitrogen and oxygen atoms in total. The number of fused-ring (bicyclic) bond motifs is 1. The number of rotatable bonds is 7. The summed E-state index contributed by atoms with van der Waals surface area (Å²) in [5.74, 6) is 0.414. The van der Waals surface area contributed by atoms with Crippen LogP contribution >= 0.6 is 11.6 Å². The summed E-state index contributed by atoms with van der Waals surface area (Å²) in [5.41, 5.74) is 1.32. The molecule has 4 rings (SSSR count). The minimum atomic E-state index is -0.881. The number of aliphatic carboxylic acids is 1. The number of nitrogens with zero attached hydrogens (tertiary/aromatic N) is 4. The maximum atomic E-state index is 11.0. The first-order valence-corrected chi connectivity index (χ1v) is 10.8. The normalized spacial score (nSPS) is 19.7. The SMILES string of the molecule is CC(C(=O)O)c1cnc(NC[C@H]2CC[C@H](Nc3ccc4ccnc(Cl)c4n3)CC2)nc1. The Labute approximate surface area is 185 Å². The number of nitrogens with one attached hydrogen (secondary N) is 2. The molecule has 0 aliphatic heterocycles. The van der Waals surface area contributed by atoms with Gasteiger partial charge in [0.25, 0.3) is 0 Å². The molecule has 0 saturated heterocycles. The zero-order chi connectivity index (χ0) is 21.8. The number of halogens is 1. The fourth-order valence-electron chi connectivity index (χ4n) is 3.85. The number of aromatic nitrogens is 4. The first kappa shape index (κ1) is 21.2. The van der Waals surface area contributed by atoms with Crippen molar-refractivity contribution in [1.29, 1.82) is 0 Å². The highest BCUT2D eigenvalue weighted by molar-refractivity contribution is 6.33. The van der Waals surface area contributed by atoms with Crippen LogP contribution in [0.2, 0.25) is 5.15 Å². The maximum Gasteiger partial charge on any atom is 0.310 e. The van der Waals surface area contributed by atoms with Crippen LogP contribution in [0.1, 0.15) is 44.1 Å². The van der Waals surface area contributed by atoms with Crippen LogP contribution in [0.5, 0.6) is 0 Å². The highest BCUT2D eigenvalue weighted by Crippen LogP contribution is 2.28. The summed E-state index contributed by atoms with van der Waals surface area (Å²) in [6.45, 7) is 2.43. The molecule has 3 N–H and O–H groups in total. The maximum absolute atomic E-state index is 11.0. The third-order valence-electron chi connectivity index (χ3n) is 5.85. The van der Waals surface area contributed by atoms with Gasteiger partial charge in [0.05, 0.1) is 5.92 Å². The molecule has 1 unspecified atom stereocenters. The molecule has 0 aromatic carbocycles. The number of carboxylic acid groups (broad SMARTS) is 1. The Bertz CT molecular complexity index is 1050. The van der Waals surface area contributed by atoms with Crippen LogP contribution in [0.15, 0.2) is 36.8 Å². The number of hydrogen-bond acceptors (Lipinski definition) is 7. The summed E-state index contributed by atoms with van der Waals surface area (Å²) < 4.78 is 0. The van der Waals surface area contributed by atoms with Crippen molar-refractivity contribution in [2.24, 2.45) is 5.92 Å². The molecular weight excluding hydrogens is 416 g/mol. The van der Waals surface area contributed by atoms with Gasteiger partial charge >= 0.3 is 5.97 Å². The van der Waals surface area contributed by atoms with E-state index in [1.807, 2.05) is 18.2 Å². The Kier molecular flexibility index (Phi) is 6.46. The summed E-state index contributed by atoms with van der Waals surface area (Å²) >= 11 is 6.17. The van der Waals surface area contributed by atoms with Crippen molar-refractivity contribution in [3.05, 3.63) is 47.5 Å². The molecule has 0 radical (unpaired) electrons. The van der Waals surface area contributed by atoms with Crippen LogP contribution in [-0.4, -0.2) is 43.6 Å². The molecule has 3 heterocycles. The molecular formula is C22H25ClN6O2. The van der Waals surface area contributed by atoms with Crippen molar-refractivity contribution in [2.45, 2.75) is 44.6 Å². The van der Waals surface area contributed by atoms with Crippen molar-refractivity contribution in [1.82, 2.24) is 19.9 Å². The molecule has 1 aliphatic carbocycles. The van der Waals surface area contributed by atoms with Crippen molar-refractivity contribution >= 4 is 40.2 Å². The average molecular weight is 441 g/mol. The van der Waals surface area contributed by atoms with Gasteiger partial charge in [0, 0.05) is 42.1 Å². The van der Waals surface area contributed by atoms with Crippen molar-refractivity contribution in [3.8, 4) is 0 Å². The quantitative estimate of drug-likeness (QED) is 0.465. The largest absolute Gasteiger partial charge is 0.481 e. The topological polar surface area (TPSA) is 113 Å². The highest BCUT2D eigenvalue weighted by atomic mass is 35.5. The minimum absolute atomic E-state index is 0.379. The number of carboxylic acids is 1. The summed E-state index contributed by atoms with van der Waals surface area (Å²) in [6, 6.07) is 6.28. The summed E-state index contributed by atoms with van der Waals surface area (Å²) in [4.78, 5) is 28.3. The molecule has 1 aliphatic rings. The monoisotopic (exact) mass is 440 g/mol. The molecule has 3 aromatic rings. The lowest BCUT2D eigenvalue weighted by Gasteiger charge is -2.29. The lowest BCUT2D eigenvalue weighted by Crippen LogP contribution is -2.29. The number of pyridine rings is 2. The molecule has 31 heavy (non-hydrogen) atoms. The molecule has 3 aromatic heterocycles. The molecule has 1 fully saturated rings. The first-order chi connectivity index (χ1) is 15.0. The van der Waals surface area contributed by atoms with Gasteiger partial charge < -0.3 is 15.7 Å². The van der Waals surface area contributed by atoms with E-state index in [-0.39, 0.29) is 0 Å². The van der Waals surface area contributed by atoms with E-state index < -0.39 is 11.9 Å². The Morgan fingerprint density at radius 1 is 1.16 bits per heavy atom. The zero-order valence-corrected chi connectivity index (χ0v) is 18.0. The smallest absolute Gasteiger partial charge is 0.310 e. The lowest BCUT2D eigenvalue weighted by molar-refractivity contribution is -0.138. The van der Waals surface area contributed by atoms with Crippen LogP contribution in [0.25, 0.3) is 10.9 Å². The van der Waals surface area contributed by atoms with E-state index in [1.54, 1.807) is 25.5 Å². The van der Waals surface area contributed by atoms with Crippen LogP contribution < -0.4 is 10.6 Å². The van der Waals surface area contributed by atoms with Gasteiger partial charge in [-0.1, -0.05) is 11.6 Å². The molecule has 162 valence electrons. The van der Waals surface area contributed by atoms with Gasteiger partial charge in [-0.3, -0.25) is 4.79 Å². The Morgan fingerprint density at radius 3 is 2.61 bits per heavy atom. The van der Waals surface area contributed by atoms with E-state index in [4.69, 9.17) is 16.7 Å². The van der Waals surface area contributed by atoms with Gasteiger partial charge in [0.1, 0.15) is 11.3 Å². The Morgan fingerprint density at radius 2 is 1.90 bits per heavy atom. The van der Waals surface area contributed by atoms with E-state index >= 15 is 0 Å². The molecule has 0 amide bonds. The second kappa shape index (κ2) is 9.43. The summed E-state index contributed by atoms with van der Waals surface area (Å²) in [6.07, 6.45) is 9.14. The molecule has 0 spiro atoms. The number of anilines is 2.